The van der Waals surface area contributed by atoms with Crippen molar-refractivity contribution < 1.29 is 9.60 Å². The largest absolute Gasteiger partial charge is 0.409 e. The summed E-state index contributed by atoms with van der Waals surface area (Å²) < 4.78 is 13.0. The fourth-order valence-electron chi connectivity index (χ4n) is 1.96. The number of nitrogens with zero attached hydrogens (tertiary/aromatic N) is 2. The number of halogens is 2. The summed E-state index contributed by atoms with van der Waals surface area (Å²) in [6, 6.07) is 11.6. The lowest BCUT2D eigenvalue weighted by Gasteiger charge is -2.20. The zero-order valence-corrected chi connectivity index (χ0v) is 12.2. The van der Waals surface area contributed by atoms with Crippen molar-refractivity contribution in [2.75, 3.05) is 11.9 Å². The van der Waals surface area contributed by atoms with Crippen LogP contribution in [0.2, 0.25) is 5.02 Å². The fraction of sp³-hybridized carbons (Fsp3) is 0.133. The predicted octanol–water partition coefficient (Wildman–Crippen LogP) is 3.21. The molecule has 110 valence electrons. The molecule has 0 saturated carbocycles. The van der Waals surface area contributed by atoms with E-state index in [1.54, 1.807) is 18.2 Å². The third-order valence-electron chi connectivity index (χ3n) is 3.11. The van der Waals surface area contributed by atoms with E-state index in [0.717, 1.165) is 11.3 Å². The first-order valence-corrected chi connectivity index (χ1v) is 6.62. The standard InChI is InChI=1S/C15H15ClFN3O/c1-20(9-11-5-6-12(17)8-14(11)16)13-4-2-3-10(7-13)15(18)19-21/h2-8,21H,9H2,1H3,(H2,18,19). The Balaban J connectivity index is 2.22. The number of benzene rings is 2. The minimum Gasteiger partial charge on any atom is -0.409 e. The number of rotatable bonds is 4. The van der Waals surface area contributed by atoms with Crippen LogP contribution in [0.4, 0.5) is 10.1 Å². The number of amidine groups is 1. The second-order valence-electron chi connectivity index (χ2n) is 4.63. The smallest absolute Gasteiger partial charge is 0.170 e. The van der Waals surface area contributed by atoms with Crippen LogP contribution < -0.4 is 10.6 Å². The molecule has 0 amide bonds. The van der Waals surface area contributed by atoms with Gasteiger partial charge in [0, 0.05) is 29.9 Å². The molecule has 0 heterocycles. The van der Waals surface area contributed by atoms with E-state index in [4.69, 9.17) is 22.5 Å². The summed E-state index contributed by atoms with van der Waals surface area (Å²) >= 11 is 6.03. The van der Waals surface area contributed by atoms with Crippen LogP contribution in [-0.2, 0) is 6.54 Å². The Labute approximate surface area is 127 Å². The van der Waals surface area contributed by atoms with Crippen molar-refractivity contribution in [1.29, 1.82) is 0 Å². The molecule has 0 fully saturated rings. The Morgan fingerprint density at radius 1 is 1.33 bits per heavy atom. The molecule has 21 heavy (non-hydrogen) atoms. The van der Waals surface area contributed by atoms with Gasteiger partial charge in [-0.2, -0.15) is 0 Å². The molecule has 0 aromatic heterocycles. The maximum atomic E-state index is 13.0. The van der Waals surface area contributed by atoms with E-state index in [9.17, 15) is 4.39 Å². The van der Waals surface area contributed by atoms with Crippen molar-refractivity contribution in [3.05, 3.63) is 64.4 Å². The van der Waals surface area contributed by atoms with Crippen molar-refractivity contribution in [3.8, 4) is 0 Å². The summed E-state index contributed by atoms with van der Waals surface area (Å²) in [5.74, 6) is -0.314. The van der Waals surface area contributed by atoms with Crippen molar-refractivity contribution in [2.24, 2.45) is 10.9 Å². The van der Waals surface area contributed by atoms with Gasteiger partial charge in [-0.1, -0.05) is 35.0 Å². The molecule has 0 unspecified atom stereocenters. The van der Waals surface area contributed by atoms with Crippen molar-refractivity contribution >= 4 is 23.1 Å². The zero-order chi connectivity index (χ0) is 15.4. The number of anilines is 1. The van der Waals surface area contributed by atoms with E-state index in [2.05, 4.69) is 5.16 Å². The topological polar surface area (TPSA) is 61.8 Å². The highest BCUT2D eigenvalue weighted by atomic mass is 35.5. The lowest BCUT2D eigenvalue weighted by molar-refractivity contribution is 0.318. The molecule has 2 aromatic carbocycles. The summed E-state index contributed by atoms with van der Waals surface area (Å²) in [5.41, 5.74) is 7.88. The molecule has 6 heteroatoms. The third-order valence-corrected chi connectivity index (χ3v) is 3.46. The Hall–Kier alpha value is -2.27. The van der Waals surface area contributed by atoms with Crippen LogP contribution in [0, 0.1) is 5.82 Å². The lowest BCUT2D eigenvalue weighted by atomic mass is 10.1. The van der Waals surface area contributed by atoms with Crippen LogP contribution >= 0.6 is 11.6 Å². The average molecular weight is 308 g/mol. The van der Waals surface area contributed by atoms with E-state index in [1.807, 2.05) is 24.1 Å². The molecule has 4 nitrogen and oxygen atoms in total. The number of hydrogen-bond donors (Lipinski definition) is 2. The summed E-state index contributed by atoms with van der Waals surface area (Å²) in [6.07, 6.45) is 0. The first kappa shape index (κ1) is 15.1. The molecule has 0 spiro atoms. The molecule has 2 aromatic rings. The van der Waals surface area contributed by atoms with Gasteiger partial charge in [-0.25, -0.2) is 4.39 Å². The molecule has 0 aliphatic heterocycles. The normalized spacial score (nSPS) is 11.5. The van der Waals surface area contributed by atoms with Crippen LogP contribution in [0.15, 0.2) is 47.6 Å². The molecule has 0 aliphatic rings. The molecule has 3 N–H and O–H groups in total. The van der Waals surface area contributed by atoms with Gasteiger partial charge in [-0.15, -0.1) is 0 Å². The fourth-order valence-corrected chi connectivity index (χ4v) is 2.18. The van der Waals surface area contributed by atoms with Gasteiger partial charge in [0.25, 0.3) is 0 Å². The predicted molar refractivity (Wildman–Crippen MR) is 82.5 cm³/mol. The second-order valence-corrected chi connectivity index (χ2v) is 5.03. The van der Waals surface area contributed by atoms with Crippen LogP contribution in [0.3, 0.4) is 0 Å². The molecule has 0 radical (unpaired) electrons. The van der Waals surface area contributed by atoms with Gasteiger partial charge >= 0.3 is 0 Å². The van der Waals surface area contributed by atoms with Crippen molar-refractivity contribution in [1.82, 2.24) is 0 Å². The molecule has 2 rings (SSSR count). The summed E-state index contributed by atoms with van der Waals surface area (Å²) in [4.78, 5) is 1.94. The molecular formula is C15H15ClFN3O. The number of oxime groups is 1. The second kappa shape index (κ2) is 6.45. The Kier molecular flexibility index (Phi) is 4.65. The monoisotopic (exact) mass is 307 g/mol. The molecule has 0 aliphatic carbocycles. The highest BCUT2D eigenvalue weighted by Crippen LogP contribution is 2.22. The number of nitrogens with two attached hydrogens (primary N) is 1. The highest BCUT2D eigenvalue weighted by molar-refractivity contribution is 6.31. The van der Waals surface area contributed by atoms with Gasteiger partial charge in [0.05, 0.1) is 0 Å². The molecule has 0 saturated heterocycles. The van der Waals surface area contributed by atoms with E-state index < -0.39 is 0 Å². The van der Waals surface area contributed by atoms with Gasteiger partial charge in [0.15, 0.2) is 5.84 Å². The molecular weight excluding hydrogens is 293 g/mol. The van der Waals surface area contributed by atoms with Gasteiger partial charge in [0.2, 0.25) is 0 Å². The average Bonchev–Trinajstić information content (AvgIpc) is 2.49. The van der Waals surface area contributed by atoms with E-state index >= 15 is 0 Å². The maximum absolute atomic E-state index is 13.0. The number of hydrogen-bond acceptors (Lipinski definition) is 3. The van der Waals surface area contributed by atoms with Crippen LogP contribution in [-0.4, -0.2) is 18.1 Å². The highest BCUT2D eigenvalue weighted by Gasteiger charge is 2.08. The van der Waals surface area contributed by atoms with Crippen LogP contribution in [0.1, 0.15) is 11.1 Å². The molecule has 0 atom stereocenters. The SMILES string of the molecule is CN(Cc1ccc(F)cc1Cl)c1cccc(C(N)=NO)c1. The van der Waals surface area contributed by atoms with Gasteiger partial charge in [-0.05, 0) is 29.8 Å². The maximum Gasteiger partial charge on any atom is 0.170 e. The lowest BCUT2D eigenvalue weighted by Crippen LogP contribution is -2.18. The van der Waals surface area contributed by atoms with Crippen molar-refractivity contribution in [2.45, 2.75) is 6.54 Å². The van der Waals surface area contributed by atoms with Crippen molar-refractivity contribution in [3.63, 3.8) is 0 Å². The van der Waals surface area contributed by atoms with Gasteiger partial charge < -0.3 is 15.8 Å². The summed E-state index contributed by atoms with van der Waals surface area (Å²) in [6.45, 7) is 0.513. The molecule has 0 bridgehead atoms. The quantitative estimate of drug-likeness (QED) is 0.394. The van der Waals surface area contributed by atoms with Crippen LogP contribution in [0.25, 0.3) is 0 Å². The first-order valence-electron chi connectivity index (χ1n) is 6.24. The van der Waals surface area contributed by atoms with Gasteiger partial charge in [-0.3, -0.25) is 0 Å². The minimum absolute atomic E-state index is 0.0464. The summed E-state index contributed by atoms with van der Waals surface area (Å²) in [7, 11) is 1.88. The first-order chi connectivity index (χ1) is 10.0. The van der Waals surface area contributed by atoms with E-state index in [0.29, 0.717) is 17.1 Å². The van der Waals surface area contributed by atoms with Crippen LogP contribution in [0.5, 0.6) is 0 Å². The van der Waals surface area contributed by atoms with E-state index in [-0.39, 0.29) is 11.7 Å². The minimum atomic E-state index is -0.361. The Bertz CT molecular complexity index is 676. The summed E-state index contributed by atoms with van der Waals surface area (Å²) in [5, 5.41) is 12.1. The van der Waals surface area contributed by atoms with E-state index in [1.165, 1.54) is 12.1 Å². The van der Waals surface area contributed by atoms with Gasteiger partial charge in [0.1, 0.15) is 5.82 Å². The third kappa shape index (κ3) is 3.64. The Morgan fingerprint density at radius 2 is 2.10 bits per heavy atom. The zero-order valence-electron chi connectivity index (χ0n) is 11.4. The Morgan fingerprint density at radius 3 is 2.76 bits per heavy atom.